The van der Waals surface area contributed by atoms with Gasteiger partial charge in [-0.25, -0.2) is 4.39 Å². The largest absolute Gasteiger partial charge is 0.493 e. The van der Waals surface area contributed by atoms with Crippen LogP contribution in [0.4, 0.5) is 4.39 Å². The molecule has 0 heterocycles. The first kappa shape index (κ1) is 16.1. The third-order valence-corrected chi connectivity index (χ3v) is 4.16. The van der Waals surface area contributed by atoms with E-state index < -0.39 is 20.8 Å². The fraction of sp³-hybridized carbons (Fsp3) is 0.0714. The maximum Gasteiger partial charge on any atom is 0.342 e. The second kappa shape index (κ2) is 6.22. The van der Waals surface area contributed by atoms with Gasteiger partial charge in [0.15, 0.2) is 11.5 Å². The van der Waals surface area contributed by atoms with Crippen molar-refractivity contribution in [3.63, 3.8) is 0 Å². The predicted octanol–water partition coefficient (Wildman–Crippen LogP) is 3.13. The highest BCUT2D eigenvalue weighted by molar-refractivity contribution is 7.87. The number of methoxy groups -OCH3 is 1. The zero-order valence-electron chi connectivity index (χ0n) is 11.2. The summed E-state index contributed by atoms with van der Waals surface area (Å²) in [5.41, 5.74) is 0.263. The molecule has 0 atom stereocenters. The third-order valence-electron chi connectivity index (χ3n) is 2.66. The molecular formula is C14H9ClFNO4S. The molecule has 0 bridgehead atoms. The number of benzene rings is 2. The van der Waals surface area contributed by atoms with Gasteiger partial charge in [0.1, 0.15) is 10.7 Å². The average Bonchev–Trinajstić information content (AvgIpc) is 2.46. The fourth-order valence-electron chi connectivity index (χ4n) is 1.65. The van der Waals surface area contributed by atoms with E-state index in [4.69, 9.17) is 25.8 Å². The molecule has 0 aliphatic rings. The summed E-state index contributed by atoms with van der Waals surface area (Å²) in [4.78, 5) is -0.650. The summed E-state index contributed by atoms with van der Waals surface area (Å²) in [7, 11) is -3.12. The molecule has 0 aromatic heterocycles. The first-order chi connectivity index (χ1) is 10.4. The normalized spacial score (nSPS) is 10.8. The lowest BCUT2D eigenvalue weighted by Gasteiger charge is -2.11. The Bertz CT molecular complexity index is 862. The number of rotatable bonds is 4. The van der Waals surface area contributed by atoms with E-state index in [1.54, 1.807) is 0 Å². The highest BCUT2D eigenvalue weighted by Gasteiger charge is 2.23. The lowest BCUT2D eigenvalue weighted by molar-refractivity contribution is 0.389. The van der Waals surface area contributed by atoms with Gasteiger partial charge in [0, 0.05) is 11.1 Å². The molecular weight excluding hydrogens is 333 g/mol. The van der Waals surface area contributed by atoms with Crippen LogP contribution < -0.4 is 8.92 Å². The first-order valence-corrected chi connectivity index (χ1v) is 7.63. The summed E-state index contributed by atoms with van der Waals surface area (Å²) in [6.07, 6.45) is 0. The van der Waals surface area contributed by atoms with Crippen LogP contribution in [0.15, 0.2) is 41.3 Å². The van der Waals surface area contributed by atoms with E-state index >= 15 is 0 Å². The summed E-state index contributed by atoms with van der Waals surface area (Å²) >= 11 is 5.58. The molecule has 0 saturated carbocycles. The molecule has 8 heteroatoms. The Hall–Kier alpha value is -2.30. The topological polar surface area (TPSA) is 76.4 Å². The van der Waals surface area contributed by atoms with Crippen molar-refractivity contribution in [1.29, 1.82) is 5.26 Å². The summed E-state index contributed by atoms with van der Waals surface area (Å²) in [5.74, 6) is -1.15. The van der Waals surface area contributed by atoms with Gasteiger partial charge in [-0.15, -0.1) is 0 Å². The van der Waals surface area contributed by atoms with Crippen LogP contribution in [0.5, 0.6) is 11.5 Å². The predicted molar refractivity (Wildman–Crippen MR) is 76.9 cm³/mol. The highest BCUT2D eigenvalue weighted by Crippen LogP contribution is 2.31. The van der Waals surface area contributed by atoms with Gasteiger partial charge in [0.05, 0.1) is 18.7 Å². The molecule has 0 fully saturated rings. The molecule has 0 N–H and O–H groups in total. The van der Waals surface area contributed by atoms with E-state index in [9.17, 15) is 12.8 Å². The molecule has 5 nitrogen and oxygen atoms in total. The van der Waals surface area contributed by atoms with E-state index in [0.29, 0.717) is 0 Å². The van der Waals surface area contributed by atoms with E-state index in [2.05, 4.69) is 0 Å². The molecule has 0 radical (unpaired) electrons. The van der Waals surface area contributed by atoms with Crippen LogP contribution in [0.25, 0.3) is 0 Å². The molecule has 0 aliphatic heterocycles. The van der Waals surface area contributed by atoms with E-state index in [1.807, 2.05) is 6.07 Å². The number of nitrogens with zero attached hydrogens (tertiary/aromatic N) is 1. The van der Waals surface area contributed by atoms with Gasteiger partial charge in [-0.1, -0.05) is 11.6 Å². The zero-order valence-corrected chi connectivity index (χ0v) is 12.8. The molecule has 2 aromatic carbocycles. The average molecular weight is 342 g/mol. The standard InChI is InChI=1S/C14H9ClFNO4S/c1-20-13-6-9(8-17)2-4-12(13)21-22(18,19)14-5-3-10(15)7-11(14)16/h2-7H,1H3. The number of nitriles is 1. The van der Waals surface area contributed by atoms with Gasteiger partial charge in [0.2, 0.25) is 0 Å². The fourth-order valence-corrected chi connectivity index (χ4v) is 2.80. The highest BCUT2D eigenvalue weighted by atomic mass is 35.5. The summed E-state index contributed by atoms with van der Waals surface area (Å²) in [6, 6.07) is 8.90. The van der Waals surface area contributed by atoms with Gasteiger partial charge in [-0.05, 0) is 30.3 Å². The van der Waals surface area contributed by atoms with Crippen molar-refractivity contribution in [3.05, 3.63) is 52.8 Å². The monoisotopic (exact) mass is 341 g/mol. The second-order valence-electron chi connectivity index (χ2n) is 4.09. The van der Waals surface area contributed by atoms with E-state index in [1.165, 1.54) is 31.4 Å². The summed E-state index contributed by atoms with van der Waals surface area (Å²) in [5, 5.41) is 8.86. The van der Waals surface area contributed by atoms with Crippen molar-refractivity contribution in [2.75, 3.05) is 7.11 Å². The van der Waals surface area contributed by atoms with Crippen molar-refractivity contribution in [2.24, 2.45) is 0 Å². The number of ether oxygens (including phenoxy) is 1. The van der Waals surface area contributed by atoms with Gasteiger partial charge >= 0.3 is 10.1 Å². The van der Waals surface area contributed by atoms with Crippen LogP contribution in [-0.4, -0.2) is 15.5 Å². The van der Waals surface area contributed by atoms with Crippen LogP contribution in [0, 0.1) is 17.1 Å². The maximum atomic E-state index is 13.7. The van der Waals surface area contributed by atoms with Gasteiger partial charge in [-0.3, -0.25) is 0 Å². The van der Waals surface area contributed by atoms with Crippen LogP contribution in [0.1, 0.15) is 5.56 Å². The summed E-state index contributed by atoms with van der Waals surface area (Å²) < 4.78 is 47.8. The molecule has 0 saturated heterocycles. The molecule has 22 heavy (non-hydrogen) atoms. The first-order valence-electron chi connectivity index (χ1n) is 5.85. The van der Waals surface area contributed by atoms with Crippen LogP contribution in [0.3, 0.4) is 0 Å². The Labute approximate surface area is 131 Å². The molecule has 2 rings (SSSR count). The van der Waals surface area contributed by atoms with E-state index in [0.717, 1.165) is 12.1 Å². The SMILES string of the molecule is COc1cc(C#N)ccc1OS(=O)(=O)c1ccc(Cl)cc1F. The Balaban J connectivity index is 2.43. The minimum atomic E-state index is -4.41. The second-order valence-corrected chi connectivity index (χ2v) is 6.04. The van der Waals surface area contributed by atoms with Crippen molar-refractivity contribution in [2.45, 2.75) is 4.90 Å². The van der Waals surface area contributed by atoms with Crippen LogP contribution in [-0.2, 0) is 10.1 Å². The molecule has 0 aliphatic carbocycles. The molecule has 0 spiro atoms. The van der Waals surface area contributed by atoms with Gasteiger partial charge < -0.3 is 8.92 Å². The van der Waals surface area contributed by atoms with Crippen molar-refractivity contribution < 1.29 is 21.7 Å². The zero-order chi connectivity index (χ0) is 16.3. The molecule has 2 aromatic rings. The lowest BCUT2D eigenvalue weighted by Crippen LogP contribution is -2.12. The lowest BCUT2D eigenvalue weighted by atomic mass is 10.2. The van der Waals surface area contributed by atoms with Crippen LogP contribution in [0.2, 0.25) is 5.02 Å². The smallest absolute Gasteiger partial charge is 0.342 e. The number of hydrogen-bond acceptors (Lipinski definition) is 5. The Kier molecular flexibility index (Phi) is 4.54. The quantitative estimate of drug-likeness (QED) is 0.798. The molecule has 0 unspecified atom stereocenters. The maximum absolute atomic E-state index is 13.7. The minimum Gasteiger partial charge on any atom is -0.493 e. The number of halogens is 2. The van der Waals surface area contributed by atoms with Crippen molar-refractivity contribution in [3.8, 4) is 17.6 Å². The number of hydrogen-bond donors (Lipinski definition) is 0. The Morgan fingerprint density at radius 3 is 2.50 bits per heavy atom. The van der Waals surface area contributed by atoms with Gasteiger partial charge in [0.25, 0.3) is 0 Å². The Morgan fingerprint density at radius 1 is 1.18 bits per heavy atom. The molecule has 114 valence electrons. The third kappa shape index (κ3) is 3.30. The van der Waals surface area contributed by atoms with Gasteiger partial charge in [-0.2, -0.15) is 13.7 Å². The molecule has 0 amide bonds. The Morgan fingerprint density at radius 2 is 1.91 bits per heavy atom. The van der Waals surface area contributed by atoms with Crippen LogP contribution >= 0.6 is 11.6 Å². The minimum absolute atomic E-state index is 0.0389. The van der Waals surface area contributed by atoms with Crippen molar-refractivity contribution >= 4 is 21.7 Å². The van der Waals surface area contributed by atoms with E-state index in [-0.39, 0.29) is 22.1 Å². The summed E-state index contributed by atoms with van der Waals surface area (Å²) in [6.45, 7) is 0. The van der Waals surface area contributed by atoms with Crippen molar-refractivity contribution in [1.82, 2.24) is 0 Å².